The fourth-order valence-electron chi connectivity index (χ4n) is 4.78. The molecule has 0 radical (unpaired) electrons. The maximum Gasteiger partial charge on any atom is 0.248 e. The van der Waals surface area contributed by atoms with E-state index >= 15 is 0 Å². The molecule has 1 aliphatic heterocycles. The number of benzene rings is 2. The lowest BCUT2D eigenvalue weighted by Crippen LogP contribution is -2.46. The number of aryl methyl sites for hydroxylation is 1. The number of fused-ring (bicyclic) bond motifs is 1. The first kappa shape index (κ1) is 25.9. The van der Waals surface area contributed by atoms with Gasteiger partial charge in [-0.05, 0) is 55.0 Å². The van der Waals surface area contributed by atoms with Gasteiger partial charge >= 0.3 is 0 Å². The van der Waals surface area contributed by atoms with Crippen LogP contribution in [0.3, 0.4) is 0 Å². The summed E-state index contributed by atoms with van der Waals surface area (Å²) < 4.78 is 12.9. The largest absolute Gasteiger partial charge is 0.496 e. The highest BCUT2D eigenvalue weighted by Crippen LogP contribution is 2.32. The predicted octanol–water partition coefficient (Wildman–Crippen LogP) is 3.88. The lowest BCUT2D eigenvalue weighted by molar-refractivity contribution is -0.142. The number of para-hydroxylation sites is 2. The van der Waals surface area contributed by atoms with E-state index in [-0.39, 0.29) is 31.0 Å². The summed E-state index contributed by atoms with van der Waals surface area (Å²) in [5.41, 5.74) is 3.22. The van der Waals surface area contributed by atoms with E-state index in [1.807, 2.05) is 66.9 Å². The third kappa shape index (κ3) is 5.56. The van der Waals surface area contributed by atoms with Crippen molar-refractivity contribution in [3.63, 3.8) is 0 Å². The first-order valence-corrected chi connectivity index (χ1v) is 13.6. The van der Waals surface area contributed by atoms with E-state index < -0.39 is 6.04 Å². The monoisotopic (exact) mass is 533 g/mol. The normalized spacial score (nSPS) is 15.9. The van der Waals surface area contributed by atoms with E-state index in [9.17, 15) is 9.59 Å². The van der Waals surface area contributed by atoms with Gasteiger partial charge in [0.1, 0.15) is 23.9 Å². The number of amides is 2. The number of methoxy groups -OCH3 is 1. The Bertz CT molecular complexity index is 1410. The second-order valence-electron chi connectivity index (χ2n) is 9.32. The molecule has 5 rings (SSSR count). The summed E-state index contributed by atoms with van der Waals surface area (Å²) in [6, 6.07) is 16.2. The lowest BCUT2D eigenvalue weighted by Gasteiger charge is -2.32. The molecule has 9 nitrogen and oxygen atoms in total. The summed E-state index contributed by atoms with van der Waals surface area (Å²) >= 11 is 1.47. The molecule has 3 heterocycles. The van der Waals surface area contributed by atoms with E-state index in [0.717, 1.165) is 34.4 Å². The Kier molecular flexibility index (Phi) is 8.00. The number of aromatic nitrogens is 3. The molecule has 4 aromatic rings. The molecule has 1 saturated heterocycles. The Morgan fingerprint density at radius 1 is 1.21 bits per heavy atom. The number of thiophene rings is 1. The fourth-order valence-corrected chi connectivity index (χ4v) is 5.81. The predicted molar refractivity (Wildman–Crippen MR) is 145 cm³/mol. The number of hydrogen-bond donors (Lipinski definition) is 1. The van der Waals surface area contributed by atoms with Gasteiger partial charge in [0.2, 0.25) is 11.8 Å². The number of rotatable bonds is 10. The van der Waals surface area contributed by atoms with Crippen molar-refractivity contribution in [2.75, 3.05) is 20.3 Å². The van der Waals surface area contributed by atoms with Gasteiger partial charge in [-0.2, -0.15) is 0 Å². The van der Waals surface area contributed by atoms with Crippen LogP contribution >= 0.6 is 11.3 Å². The average Bonchev–Trinajstić information content (AvgIpc) is 3.70. The second kappa shape index (κ2) is 11.7. The van der Waals surface area contributed by atoms with E-state index in [4.69, 9.17) is 9.47 Å². The highest BCUT2D eigenvalue weighted by molar-refractivity contribution is 7.10. The minimum atomic E-state index is -0.830. The van der Waals surface area contributed by atoms with E-state index in [2.05, 4.69) is 15.6 Å². The molecule has 38 heavy (non-hydrogen) atoms. The quantitative estimate of drug-likeness (QED) is 0.332. The molecule has 1 fully saturated rings. The minimum Gasteiger partial charge on any atom is -0.496 e. The van der Waals surface area contributed by atoms with Crippen LogP contribution in [0.2, 0.25) is 0 Å². The molecule has 10 heteroatoms. The fraction of sp³-hybridized carbons (Fsp3) is 0.357. The molecule has 2 amide bonds. The van der Waals surface area contributed by atoms with Gasteiger partial charge in [-0.3, -0.25) is 9.59 Å². The van der Waals surface area contributed by atoms with Crippen molar-refractivity contribution >= 4 is 34.2 Å². The molecule has 1 aliphatic rings. The number of carbonyl (C=O) groups is 2. The summed E-state index contributed by atoms with van der Waals surface area (Å²) in [5, 5.41) is 13.4. The number of nitrogens with one attached hydrogen (secondary N) is 1. The molecule has 0 bridgehead atoms. The van der Waals surface area contributed by atoms with Crippen molar-refractivity contribution in [1.29, 1.82) is 0 Å². The van der Waals surface area contributed by atoms with Crippen LogP contribution in [0.25, 0.3) is 11.0 Å². The molecule has 0 saturated carbocycles. The Morgan fingerprint density at radius 2 is 2.03 bits per heavy atom. The van der Waals surface area contributed by atoms with Crippen LogP contribution in [0.1, 0.15) is 34.9 Å². The number of nitrogens with zero attached hydrogens (tertiary/aromatic N) is 4. The molecule has 2 atom stereocenters. The highest BCUT2D eigenvalue weighted by atomic mass is 32.1. The molecule has 0 unspecified atom stereocenters. The molecular weight excluding hydrogens is 502 g/mol. The Hall–Kier alpha value is -3.76. The number of carbonyl (C=O) groups excluding carboxylic acids is 2. The van der Waals surface area contributed by atoms with E-state index in [0.29, 0.717) is 24.4 Å². The average molecular weight is 534 g/mol. The minimum absolute atomic E-state index is 0.0103. The third-order valence-corrected chi connectivity index (χ3v) is 7.87. The van der Waals surface area contributed by atoms with Crippen molar-refractivity contribution < 1.29 is 19.1 Å². The van der Waals surface area contributed by atoms with Gasteiger partial charge in [-0.1, -0.05) is 35.5 Å². The van der Waals surface area contributed by atoms with Crippen molar-refractivity contribution in [3.8, 4) is 5.75 Å². The summed E-state index contributed by atoms with van der Waals surface area (Å²) in [7, 11) is 1.60. The summed E-state index contributed by atoms with van der Waals surface area (Å²) in [6.45, 7) is 3.20. The zero-order valence-electron chi connectivity index (χ0n) is 21.5. The standard InChI is InChI=1S/C28H31N5O4S/c1-19-13-15-38-27(19)26(28(35)29-16-21-9-7-14-37-21)32(17-20-8-3-6-12-24(20)36-2)25(34)18-33-23-11-5-4-10-22(23)30-31-33/h3-6,8,10-13,15,21,26H,7,9,14,16-18H2,1-2H3,(H,29,35)/t21-,26+/m0/s1. The van der Waals surface area contributed by atoms with Crippen molar-refractivity contribution in [2.24, 2.45) is 0 Å². The summed E-state index contributed by atoms with van der Waals surface area (Å²) in [5.74, 6) is 0.160. The first-order valence-electron chi connectivity index (χ1n) is 12.7. The van der Waals surface area contributed by atoms with Crippen LogP contribution in [-0.4, -0.2) is 58.1 Å². The first-order chi connectivity index (χ1) is 18.5. The second-order valence-corrected chi connectivity index (χ2v) is 10.3. The van der Waals surface area contributed by atoms with Crippen LogP contribution in [0.15, 0.2) is 60.0 Å². The Balaban J connectivity index is 1.51. The van der Waals surface area contributed by atoms with Gasteiger partial charge in [0.05, 0.1) is 25.3 Å². The van der Waals surface area contributed by atoms with Gasteiger partial charge in [-0.25, -0.2) is 4.68 Å². The van der Waals surface area contributed by atoms with Crippen molar-refractivity contribution in [2.45, 2.75) is 45.0 Å². The lowest BCUT2D eigenvalue weighted by atomic mass is 10.1. The zero-order valence-corrected chi connectivity index (χ0v) is 22.3. The van der Waals surface area contributed by atoms with Crippen LogP contribution in [-0.2, 0) is 27.4 Å². The topological polar surface area (TPSA) is 98.6 Å². The molecule has 0 spiro atoms. The van der Waals surface area contributed by atoms with Crippen molar-refractivity contribution in [3.05, 3.63) is 76.0 Å². The Morgan fingerprint density at radius 3 is 2.79 bits per heavy atom. The molecular formula is C28H31N5O4S. The van der Waals surface area contributed by atoms with E-state index in [1.54, 1.807) is 16.7 Å². The highest BCUT2D eigenvalue weighted by Gasteiger charge is 2.35. The smallest absolute Gasteiger partial charge is 0.248 e. The maximum atomic E-state index is 14.1. The zero-order chi connectivity index (χ0) is 26.5. The van der Waals surface area contributed by atoms with Crippen molar-refractivity contribution in [1.82, 2.24) is 25.2 Å². The van der Waals surface area contributed by atoms with Gasteiger partial charge in [-0.15, -0.1) is 16.4 Å². The molecule has 2 aromatic heterocycles. The number of ether oxygens (including phenoxy) is 2. The van der Waals surface area contributed by atoms with E-state index in [1.165, 1.54) is 11.3 Å². The summed E-state index contributed by atoms with van der Waals surface area (Å²) in [4.78, 5) is 30.3. The molecule has 2 aromatic carbocycles. The third-order valence-electron chi connectivity index (χ3n) is 6.80. The summed E-state index contributed by atoms with van der Waals surface area (Å²) in [6.07, 6.45) is 1.88. The van der Waals surface area contributed by atoms with Crippen LogP contribution in [0, 0.1) is 6.92 Å². The van der Waals surface area contributed by atoms with Crippen LogP contribution in [0.4, 0.5) is 0 Å². The van der Waals surface area contributed by atoms with Gasteiger partial charge in [0.15, 0.2) is 0 Å². The molecule has 198 valence electrons. The van der Waals surface area contributed by atoms with Gasteiger partial charge < -0.3 is 19.7 Å². The van der Waals surface area contributed by atoms with Crippen LogP contribution < -0.4 is 10.1 Å². The van der Waals surface area contributed by atoms with Crippen LogP contribution in [0.5, 0.6) is 5.75 Å². The molecule has 1 N–H and O–H groups in total. The SMILES string of the molecule is COc1ccccc1CN(C(=O)Cn1nnc2ccccc21)[C@@H](C(=O)NC[C@@H]1CCCO1)c1sccc1C. The maximum absolute atomic E-state index is 14.1. The van der Waals surface area contributed by atoms with Gasteiger partial charge in [0.25, 0.3) is 0 Å². The molecule has 0 aliphatic carbocycles. The Labute approximate surface area is 225 Å². The van der Waals surface area contributed by atoms with Gasteiger partial charge in [0, 0.05) is 23.6 Å². The number of hydrogen-bond acceptors (Lipinski definition) is 7.